The molecule has 0 bridgehead atoms. The highest BCUT2D eigenvalue weighted by Gasteiger charge is 2.27. The SMILES string of the molecule is [B]C(=C)/C([B])=C(/[B])c1c(C)n(-c2ccccc2-c2ccccc2N(c2ccc(-c3ccccc3)cc2)c2ccc(-c3ccccc3)cc2)c2c([B])c([B])c(-c3c([B])c([B])c([B])c([B])c3[B])c([B])c12. The third kappa shape index (κ3) is 7.94. The molecule has 0 spiro atoms. The van der Waals surface area contributed by atoms with Crippen LogP contribution in [0.15, 0.2) is 175 Å². The van der Waals surface area contributed by atoms with Gasteiger partial charge in [-0.3, -0.25) is 0 Å². The summed E-state index contributed by atoms with van der Waals surface area (Å²) in [5.74, 6) is 0. The summed E-state index contributed by atoms with van der Waals surface area (Å²) in [5.41, 5.74) is 12.2. The predicted octanol–water partition coefficient (Wildman–Crippen LogP) is 4.11. The van der Waals surface area contributed by atoms with Crippen molar-refractivity contribution in [1.82, 2.24) is 4.57 Å². The van der Waals surface area contributed by atoms with E-state index in [4.69, 9.17) is 86.3 Å². The van der Waals surface area contributed by atoms with Crippen LogP contribution < -0.4 is 48.6 Å². The molecule has 22 radical (unpaired) electrons. The van der Waals surface area contributed by atoms with Crippen molar-refractivity contribution in [3.8, 4) is 50.2 Å². The molecule has 0 atom stereocenters. The highest BCUT2D eigenvalue weighted by atomic mass is 15.1. The molecule has 9 rings (SSSR count). The Kier molecular flexibility index (Phi) is 12.8. The van der Waals surface area contributed by atoms with E-state index in [1.54, 1.807) is 0 Å². The first-order valence-corrected chi connectivity index (χ1v) is 21.7. The van der Waals surface area contributed by atoms with Gasteiger partial charge in [0.05, 0.1) is 11.4 Å². The topological polar surface area (TPSA) is 8.17 Å². The summed E-state index contributed by atoms with van der Waals surface area (Å²) in [6, 6.07) is 54.0. The van der Waals surface area contributed by atoms with Gasteiger partial charge >= 0.3 is 0 Å². The van der Waals surface area contributed by atoms with E-state index >= 15 is 0 Å². The van der Waals surface area contributed by atoms with Crippen molar-refractivity contribution in [2.45, 2.75) is 6.92 Å². The Morgan fingerprint density at radius 2 is 0.853 bits per heavy atom. The number of fused-ring (bicyclic) bond motifs is 1. The zero-order valence-corrected chi connectivity index (χ0v) is 37.5. The number of aromatic nitrogens is 1. The minimum atomic E-state index is 0.0159. The monoisotopic (exact) mass is 840 g/mol. The first-order valence-electron chi connectivity index (χ1n) is 21.7. The normalized spacial score (nSPS) is 11.7. The molecular weight excluding hydrogens is 808 g/mol. The summed E-state index contributed by atoms with van der Waals surface area (Å²) < 4.78 is 1.98. The van der Waals surface area contributed by atoms with Gasteiger partial charge in [0.1, 0.15) is 86.3 Å². The van der Waals surface area contributed by atoms with Crippen molar-refractivity contribution >= 4 is 163 Å². The second-order valence-corrected chi connectivity index (χ2v) is 16.6. The van der Waals surface area contributed by atoms with Crippen molar-refractivity contribution < 1.29 is 0 Å². The Hall–Kier alpha value is -6.71. The first-order chi connectivity index (χ1) is 32.7. The van der Waals surface area contributed by atoms with E-state index in [9.17, 15) is 0 Å². The summed E-state index contributed by atoms with van der Waals surface area (Å²) in [7, 11) is 73.4. The van der Waals surface area contributed by atoms with E-state index in [-0.39, 0.29) is 71.2 Å². The van der Waals surface area contributed by atoms with E-state index < -0.39 is 0 Å². The van der Waals surface area contributed by atoms with Crippen molar-refractivity contribution in [2.24, 2.45) is 0 Å². The quantitative estimate of drug-likeness (QED) is 0.149. The number of para-hydroxylation sites is 2. The van der Waals surface area contributed by atoms with Gasteiger partial charge in [-0.25, -0.2) is 0 Å². The lowest BCUT2D eigenvalue weighted by Gasteiger charge is -2.29. The zero-order valence-electron chi connectivity index (χ0n) is 37.5. The maximum Gasteiger partial charge on any atom is 0.115 e. The number of hydrogen-bond acceptors (Lipinski definition) is 1. The zero-order chi connectivity index (χ0) is 48.1. The van der Waals surface area contributed by atoms with Crippen LogP contribution in [-0.4, -0.2) is 90.9 Å². The van der Waals surface area contributed by atoms with Crippen LogP contribution in [0.5, 0.6) is 0 Å². The van der Waals surface area contributed by atoms with Gasteiger partial charge in [-0.05, 0) is 87.7 Å². The summed E-state index contributed by atoms with van der Waals surface area (Å²) in [6.45, 7) is 5.76. The number of rotatable bonds is 10. The van der Waals surface area contributed by atoms with Crippen LogP contribution in [0.4, 0.5) is 17.1 Å². The van der Waals surface area contributed by atoms with Crippen LogP contribution in [0.25, 0.3) is 66.6 Å². The molecule has 2 nitrogen and oxygen atoms in total. The fraction of sp³-hybridized carbons (Fsp3) is 0.0182. The molecule has 68 heavy (non-hydrogen) atoms. The second kappa shape index (κ2) is 18.8. The largest absolute Gasteiger partial charge is 0.313 e. The molecule has 0 unspecified atom stereocenters. The van der Waals surface area contributed by atoms with Crippen molar-refractivity contribution in [1.29, 1.82) is 0 Å². The molecular formula is C55H31B11N2. The van der Waals surface area contributed by atoms with E-state index in [2.05, 4.69) is 102 Å². The second-order valence-electron chi connectivity index (χ2n) is 16.6. The van der Waals surface area contributed by atoms with E-state index in [1.165, 1.54) is 0 Å². The number of benzene rings is 8. The van der Waals surface area contributed by atoms with E-state index in [0.29, 0.717) is 22.2 Å². The lowest BCUT2D eigenvalue weighted by molar-refractivity contribution is 1.05. The molecule has 294 valence electrons. The Morgan fingerprint density at radius 1 is 0.441 bits per heavy atom. The third-order valence-electron chi connectivity index (χ3n) is 12.7. The van der Waals surface area contributed by atoms with Crippen LogP contribution in [-0.2, 0) is 0 Å². The van der Waals surface area contributed by atoms with Gasteiger partial charge < -0.3 is 9.47 Å². The van der Waals surface area contributed by atoms with Crippen molar-refractivity contribution in [3.63, 3.8) is 0 Å². The molecule has 0 amide bonds. The molecule has 8 aromatic carbocycles. The molecule has 0 fully saturated rings. The predicted molar refractivity (Wildman–Crippen MR) is 301 cm³/mol. The van der Waals surface area contributed by atoms with Crippen LogP contribution >= 0.6 is 0 Å². The molecule has 1 heterocycles. The average Bonchev–Trinajstić information content (AvgIpc) is 3.68. The fourth-order valence-electron chi connectivity index (χ4n) is 9.15. The minimum Gasteiger partial charge on any atom is -0.313 e. The van der Waals surface area contributed by atoms with Gasteiger partial charge in [0.2, 0.25) is 0 Å². The summed E-state index contributed by atoms with van der Waals surface area (Å²) >= 11 is 0. The summed E-state index contributed by atoms with van der Waals surface area (Å²) in [6.07, 6.45) is 0. The molecule has 0 aliphatic heterocycles. The molecule has 0 saturated carbocycles. The number of hydrogen-bond donors (Lipinski definition) is 0. The standard InChI is InChI=1S/C55H31B11N2/c1-29(56)45(57)47(59)41-30(2)67(55-44(41)46(58)42(50(62)54(55)66)43-48(60)51(63)53(65)52(64)49(43)61)39-19-11-9-17-37(39)38-18-10-12-20-40(38)68(35-25-21-33(22-26-35)31-13-5-3-6-14-31)36-27-23-34(24-28-36)32-15-7-4-8-16-32/h3-28H,1H2,2H3/b47-45-. The Bertz CT molecular complexity index is 3360. The number of nitrogens with zero attached hydrogens (tertiary/aromatic N) is 2. The van der Waals surface area contributed by atoms with Crippen LogP contribution in [0.3, 0.4) is 0 Å². The highest BCUT2D eigenvalue weighted by Crippen LogP contribution is 2.44. The molecule has 9 aromatic rings. The van der Waals surface area contributed by atoms with Gasteiger partial charge in [0.15, 0.2) is 0 Å². The van der Waals surface area contributed by atoms with Gasteiger partial charge in [-0.15, -0.1) is 33.9 Å². The van der Waals surface area contributed by atoms with Crippen LogP contribution in [0, 0.1) is 6.92 Å². The molecule has 13 heteroatoms. The maximum atomic E-state index is 7.26. The third-order valence-corrected chi connectivity index (χ3v) is 12.7. The van der Waals surface area contributed by atoms with E-state index in [1.807, 2.05) is 78.2 Å². The van der Waals surface area contributed by atoms with Gasteiger partial charge in [0.25, 0.3) is 0 Å². The van der Waals surface area contributed by atoms with Crippen LogP contribution in [0.2, 0.25) is 0 Å². The Morgan fingerprint density at radius 3 is 1.37 bits per heavy atom. The molecule has 1 aromatic heterocycles. The van der Waals surface area contributed by atoms with Crippen molar-refractivity contribution in [2.75, 3.05) is 4.90 Å². The van der Waals surface area contributed by atoms with Gasteiger partial charge in [0, 0.05) is 33.7 Å². The molecule has 0 N–H and O–H groups in total. The minimum absolute atomic E-state index is 0.0159. The highest BCUT2D eigenvalue weighted by molar-refractivity contribution is 6.70. The number of allylic oxidation sites excluding steroid dienone is 2. The first kappa shape index (κ1) is 46.4. The van der Waals surface area contributed by atoms with Gasteiger partial charge in [-0.2, -0.15) is 0 Å². The van der Waals surface area contributed by atoms with Gasteiger partial charge in [-0.1, -0.05) is 154 Å². The Balaban J connectivity index is 1.31. The molecule has 0 saturated heterocycles. The van der Waals surface area contributed by atoms with Crippen LogP contribution in [0.1, 0.15) is 11.3 Å². The van der Waals surface area contributed by atoms with E-state index in [0.717, 1.165) is 56.1 Å². The lowest BCUT2D eigenvalue weighted by atomic mass is 9.57. The number of anilines is 3. The molecule has 0 aliphatic carbocycles. The Labute approximate surface area is 414 Å². The van der Waals surface area contributed by atoms with Crippen molar-refractivity contribution in [3.05, 3.63) is 187 Å². The smallest absolute Gasteiger partial charge is 0.115 e. The fourth-order valence-corrected chi connectivity index (χ4v) is 9.15. The maximum absolute atomic E-state index is 7.26. The summed E-state index contributed by atoms with van der Waals surface area (Å²) in [4.78, 5) is 2.26. The molecule has 0 aliphatic rings. The average molecular weight is 839 g/mol. The lowest BCUT2D eigenvalue weighted by Crippen LogP contribution is -2.56. The summed E-state index contributed by atoms with van der Waals surface area (Å²) in [5, 5.41) is 0.403.